The van der Waals surface area contributed by atoms with Gasteiger partial charge in [-0.25, -0.2) is 0 Å². The van der Waals surface area contributed by atoms with Gasteiger partial charge in [0, 0.05) is 6.61 Å². The molecule has 2 heteroatoms. The maximum Gasteiger partial charge on any atom is 0.0647 e. The fraction of sp³-hybridized carbons (Fsp3) is 1.00. The summed E-state index contributed by atoms with van der Waals surface area (Å²) in [6.45, 7) is 4.82. The zero-order chi connectivity index (χ0) is 22.9. The second kappa shape index (κ2) is 24.6. The Kier molecular flexibility index (Phi) is 24.5. The molecule has 0 fully saturated rings. The fourth-order valence-corrected chi connectivity index (χ4v) is 4.82. The van der Waals surface area contributed by atoms with Gasteiger partial charge >= 0.3 is 0 Å². The lowest BCUT2D eigenvalue weighted by atomic mass is 9.85. The van der Waals surface area contributed by atoms with E-state index in [2.05, 4.69) is 13.8 Å². The number of unbranched alkanes of at least 4 members (excludes halogenated alkanes) is 19. The summed E-state index contributed by atoms with van der Waals surface area (Å²) in [7, 11) is 0. The Labute approximate surface area is 197 Å². The lowest BCUT2D eigenvalue weighted by Gasteiger charge is -2.28. The molecule has 0 spiro atoms. The van der Waals surface area contributed by atoms with Gasteiger partial charge in [-0.3, -0.25) is 0 Å². The van der Waals surface area contributed by atoms with Gasteiger partial charge in [-0.2, -0.15) is 0 Å². The Morgan fingerprint density at radius 1 is 0.387 bits per heavy atom. The normalized spacial score (nSPS) is 12.0. The summed E-state index contributed by atoms with van der Waals surface area (Å²) in [5.41, 5.74) is -0.477. The van der Waals surface area contributed by atoms with Crippen molar-refractivity contribution in [3.63, 3.8) is 0 Å². The molecule has 0 heterocycles. The minimum atomic E-state index is -0.477. The highest BCUT2D eigenvalue weighted by atomic mass is 16.3. The number of rotatable bonds is 26. The van der Waals surface area contributed by atoms with Crippen LogP contribution in [0.15, 0.2) is 0 Å². The highest BCUT2D eigenvalue weighted by Crippen LogP contribution is 2.28. The molecule has 0 aliphatic carbocycles. The molecule has 0 amide bonds. The number of aliphatic hydroxyl groups excluding tert-OH is 1. The average molecular weight is 441 g/mol. The minimum absolute atomic E-state index is 0.257. The van der Waals surface area contributed by atoms with Crippen molar-refractivity contribution >= 4 is 0 Å². The van der Waals surface area contributed by atoms with Gasteiger partial charge in [-0.1, -0.05) is 142 Å². The second-order valence-corrected chi connectivity index (χ2v) is 10.3. The van der Waals surface area contributed by atoms with Crippen molar-refractivity contribution in [2.45, 2.75) is 180 Å². The van der Waals surface area contributed by atoms with Crippen LogP contribution < -0.4 is 0 Å². The maximum absolute atomic E-state index is 11.2. The lowest BCUT2D eigenvalue weighted by Crippen LogP contribution is -2.28. The fourth-order valence-electron chi connectivity index (χ4n) is 4.82. The lowest BCUT2D eigenvalue weighted by molar-refractivity contribution is 0.00632. The van der Waals surface area contributed by atoms with E-state index in [0.29, 0.717) is 0 Å². The van der Waals surface area contributed by atoms with Crippen LogP contribution in [0.3, 0.4) is 0 Å². The molecule has 0 aliphatic heterocycles. The summed E-state index contributed by atoms with van der Waals surface area (Å²) < 4.78 is 0. The molecule has 0 aliphatic rings. The first kappa shape index (κ1) is 30.9. The highest BCUT2D eigenvalue weighted by molar-refractivity contribution is 4.78. The standard InChI is InChI=1S/C29H60O2/c1-3-5-7-9-11-13-15-17-19-21-25-29(31,27-23-24-28-30)26-22-20-18-16-14-12-10-8-6-4-2/h30-31H,3-28H2,1-2H3. The van der Waals surface area contributed by atoms with Gasteiger partial charge in [0.15, 0.2) is 0 Å². The Balaban J connectivity index is 3.81. The molecule has 31 heavy (non-hydrogen) atoms. The number of hydrogen-bond donors (Lipinski definition) is 2. The van der Waals surface area contributed by atoms with Crippen molar-refractivity contribution in [3.05, 3.63) is 0 Å². The molecule has 0 atom stereocenters. The van der Waals surface area contributed by atoms with E-state index < -0.39 is 5.60 Å². The van der Waals surface area contributed by atoms with Crippen molar-refractivity contribution in [1.29, 1.82) is 0 Å². The van der Waals surface area contributed by atoms with Crippen molar-refractivity contribution in [3.8, 4) is 0 Å². The average Bonchev–Trinajstić information content (AvgIpc) is 2.76. The molecular formula is C29H60O2. The van der Waals surface area contributed by atoms with Crippen LogP contribution in [0.4, 0.5) is 0 Å². The summed E-state index contributed by atoms with van der Waals surface area (Å²) in [5, 5.41) is 20.3. The number of aliphatic hydroxyl groups is 2. The predicted molar refractivity (Wildman–Crippen MR) is 139 cm³/mol. The first-order valence-corrected chi connectivity index (χ1v) is 14.5. The Morgan fingerprint density at radius 2 is 0.645 bits per heavy atom. The summed E-state index contributed by atoms with van der Waals surface area (Å²) in [6.07, 6.45) is 31.6. The van der Waals surface area contributed by atoms with Crippen molar-refractivity contribution < 1.29 is 10.2 Å². The van der Waals surface area contributed by atoms with Crippen LogP contribution in [0.5, 0.6) is 0 Å². The molecule has 0 aromatic rings. The summed E-state index contributed by atoms with van der Waals surface area (Å²) in [5.74, 6) is 0. The molecule has 2 nitrogen and oxygen atoms in total. The van der Waals surface area contributed by atoms with E-state index in [9.17, 15) is 5.11 Å². The summed E-state index contributed by atoms with van der Waals surface area (Å²) >= 11 is 0. The highest BCUT2D eigenvalue weighted by Gasteiger charge is 2.25. The largest absolute Gasteiger partial charge is 0.396 e. The zero-order valence-corrected chi connectivity index (χ0v) is 21.8. The topological polar surface area (TPSA) is 40.5 Å². The summed E-state index contributed by atoms with van der Waals surface area (Å²) in [6, 6.07) is 0. The zero-order valence-electron chi connectivity index (χ0n) is 21.8. The molecule has 2 N–H and O–H groups in total. The van der Waals surface area contributed by atoms with Gasteiger partial charge in [0.25, 0.3) is 0 Å². The smallest absolute Gasteiger partial charge is 0.0647 e. The Hall–Kier alpha value is -0.0800. The molecule has 0 unspecified atom stereocenters. The molecule has 188 valence electrons. The molecule has 0 saturated heterocycles. The van der Waals surface area contributed by atoms with Crippen LogP contribution in [0, 0.1) is 0 Å². The molecule has 0 saturated carbocycles. The van der Waals surface area contributed by atoms with Crippen LogP contribution in [-0.2, 0) is 0 Å². The van der Waals surface area contributed by atoms with Crippen LogP contribution >= 0.6 is 0 Å². The minimum Gasteiger partial charge on any atom is -0.396 e. The van der Waals surface area contributed by atoms with Crippen LogP contribution in [-0.4, -0.2) is 22.4 Å². The van der Waals surface area contributed by atoms with Crippen LogP contribution in [0.1, 0.15) is 174 Å². The van der Waals surface area contributed by atoms with Gasteiger partial charge in [0.1, 0.15) is 0 Å². The predicted octanol–water partition coefficient (Wildman–Crippen LogP) is 9.50. The third-order valence-electron chi connectivity index (χ3n) is 7.04. The SMILES string of the molecule is CCCCCCCCCCCCC(O)(CCCCO)CCCCCCCCCCCC. The third-order valence-corrected chi connectivity index (χ3v) is 7.04. The molecule has 0 radical (unpaired) electrons. The van der Waals surface area contributed by atoms with Gasteiger partial charge in [0.2, 0.25) is 0 Å². The summed E-state index contributed by atoms with van der Waals surface area (Å²) in [4.78, 5) is 0. The van der Waals surface area contributed by atoms with E-state index in [-0.39, 0.29) is 6.61 Å². The van der Waals surface area contributed by atoms with E-state index in [4.69, 9.17) is 5.11 Å². The van der Waals surface area contributed by atoms with Crippen LogP contribution in [0.2, 0.25) is 0 Å². The van der Waals surface area contributed by atoms with E-state index >= 15 is 0 Å². The van der Waals surface area contributed by atoms with Crippen molar-refractivity contribution in [1.82, 2.24) is 0 Å². The number of hydrogen-bond acceptors (Lipinski definition) is 2. The van der Waals surface area contributed by atoms with E-state index in [1.54, 1.807) is 0 Å². The Bertz CT molecular complexity index is 305. The molecule has 0 aromatic heterocycles. The van der Waals surface area contributed by atoms with E-state index in [1.165, 1.54) is 128 Å². The van der Waals surface area contributed by atoms with Crippen LogP contribution in [0.25, 0.3) is 0 Å². The van der Waals surface area contributed by atoms with Gasteiger partial charge < -0.3 is 10.2 Å². The second-order valence-electron chi connectivity index (χ2n) is 10.3. The maximum atomic E-state index is 11.2. The molecular weight excluding hydrogens is 380 g/mol. The van der Waals surface area contributed by atoms with Gasteiger partial charge in [-0.15, -0.1) is 0 Å². The third kappa shape index (κ3) is 22.9. The van der Waals surface area contributed by atoms with E-state index in [0.717, 1.165) is 32.1 Å². The van der Waals surface area contributed by atoms with Crippen molar-refractivity contribution in [2.75, 3.05) is 6.61 Å². The van der Waals surface area contributed by atoms with Gasteiger partial charge in [-0.05, 0) is 32.1 Å². The van der Waals surface area contributed by atoms with Crippen molar-refractivity contribution in [2.24, 2.45) is 0 Å². The van der Waals surface area contributed by atoms with Gasteiger partial charge in [0.05, 0.1) is 5.60 Å². The molecule has 0 aromatic carbocycles. The molecule has 0 rings (SSSR count). The first-order chi connectivity index (χ1) is 15.2. The van der Waals surface area contributed by atoms with E-state index in [1.807, 2.05) is 0 Å². The Morgan fingerprint density at radius 3 is 0.935 bits per heavy atom. The first-order valence-electron chi connectivity index (χ1n) is 14.5. The monoisotopic (exact) mass is 440 g/mol. The molecule has 0 bridgehead atoms. The quantitative estimate of drug-likeness (QED) is 0.131.